The van der Waals surface area contributed by atoms with E-state index in [1.807, 2.05) is 0 Å². The number of aliphatic carboxylic acids is 1. The summed E-state index contributed by atoms with van der Waals surface area (Å²) in [4.78, 5) is 24.9. The summed E-state index contributed by atoms with van der Waals surface area (Å²) in [7, 11) is 0. The van der Waals surface area contributed by atoms with Crippen LogP contribution in [-0.2, 0) is 11.3 Å². The minimum Gasteiger partial charge on any atom is -0.480 e. The summed E-state index contributed by atoms with van der Waals surface area (Å²) in [6, 6.07) is 0.979. The maximum atomic E-state index is 11.8. The fourth-order valence-corrected chi connectivity index (χ4v) is 3.21. The van der Waals surface area contributed by atoms with E-state index in [-0.39, 0.29) is 5.91 Å². The van der Waals surface area contributed by atoms with Crippen molar-refractivity contribution in [2.24, 2.45) is 0 Å². The van der Waals surface area contributed by atoms with E-state index in [1.165, 1.54) is 23.2 Å². The maximum Gasteiger partial charge on any atom is 0.326 e. The molecule has 2 heterocycles. The molecule has 0 saturated heterocycles. The zero-order valence-electron chi connectivity index (χ0n) is 7.86. The number of rotatable bonds is 2. The zero-order valence-corrected chi connectivity index (χ0v) is 10.3. The van der Waals surface area contributed by atoms with Crippen LogP contribution in [0, 0.1) is 0 Å². The fourth-order valence-electron chi connectivity index (χ4n) is 1.52. The molecule has 1 N–H and O–H groups in total. The number of carboxylic acid groups (broad SMARTS) is 1. The Morgan fingerprint density at radius 1 is 1.73 bits per heavy atom. The van der Waals surface area contributed by atoms with Gasteiger partial charge in [-0.1, -0.05) is 0 Å². The first-order valence-corrected chi connectivity index (χ1v) is 5.93. The Kier molecular flexibility index (Phi) is 2.56. The zero-order chi connectivity index (χ0) is 11.2. The average molecular weight is 290 g/mol. The molecule has 0 aromatic carbocycles. The molecule has 4 nitrogen and oxygen atoms in total. The molecule has 0 bridgehead atoms. The number of halogens is 1. The molecular formula is C9H8BrNO3S. The molecule has 0 fully saturated rings. The Hall–Kier alpha value is -0.880. The van der Waals surface area contributed by atoms with Gasteiger partial charge < -0.3 is 10.0 Å². The van der Waals surface area contributed by atoms with Crippen LogP contribution in [0.2, 0.25) is 0 Å². The summed E-state index contributed by atoms with van der Waals surface area (Å²) in [6.45, 7) is 1.92. The lowest BCUT2D eigenvalue weighted by atomic mass is 10.3. The highest BCUT2D eigenvalue weighted by Crippen LogP contribution is 2.34. The van der Waals surface area contributed by atoms with E-state index in [0.29, 0.717) is 12.1 Å². The van der Waals surface area contributed by atoms with Gasteiger partial charge in [-0.3, -0.25) is 4.79 Å². The number of hydrogen-bond acceptors (Lipinski definition) is 3. The SMILES string of the molecule is CC(C(=O)O)N1Cc2sc(Br)cc2C1=O. The van der Waals surface area contributed by atoms with E-state index in [1.54, 1.807) is 6.07 Å². The lowest BCUT2D eigenvalue weighted by molar-refractivity contribution is -0.141. The van der Waals surface area contributed by atoms with Crippen LogP contribution in [0.3, 0.4) is 0 Å². The highest BCUT2D eigenvalue weighted by molar-refractivity contribution is 9.11. The third-order valence-corrected chi connectivity index (χ3v) is 4.03. The second-order valence-electron chi connectivity index (χ2n) is 3.33. The second-order valence-corrected chi connectivity index (χ2v) is 5.85. The number of carbonyl (C=O) groups excluding carboxylic acids is 1. The maximum absolute atomic E-state index is 11.8. The first kappa shape index (κ1) is 10.6. The number of hydrogen-bond donors (Lipinski definition) is 1. The van der Waals surface area contributed by atoms with Gasteiger partial charge in [-0.05, 0) is 28.9 Å². The van der Waals surface area contributed by atoms with Gasteiger partial charge in [-0.2, -0.15) is 0 Å². The van der Waals surface area contributed by atoms with Crippen LogP contribution in [-0.4, -0.2) is 27.9 Å². The molecule has 6 heteroatoms. The third-order valence-electron chi connectivity index (χ3n) is 2.41. The summed E-state index contributed by atoms with van der Waals surface area (Å²) < 4.78 is 0.906. The summed E-state index contributed by atoms with van der Waals surface area (Å²) in [6.07, 6.45) is 0. The van der Waals surface area contributed by atoms with E-state index in [0.717, 1.165) is 8.66 Å². The molecule has 1 aliphatic heterocycles. The minimum atomic E-state index is -0.974. The minimum absolute atomic E-state index is 0.193. The smallest absolute Gasteiger partial charge is 0.326 e. The molecule has 0 aliphatic carbocycles. The van der Waals surface area contributed by atoms with Crippen molar-refractivity contribution in [2.45, 2.75) is 19.5 Å². The van der Waals surface area contributed by atoms with Gasteiger partial charge in [0.05, 0.1) is 15.9 Å². The normalized spacial score (nSPS) is 16.7. The Morgan fingerprint density at radius 2 is 2.40 bits per heavy atom. The van der Waals surface area contributed by atoms with E-state index in [2.05, 4.69) is 15.9 Å². The molecule has 1 atom stereocenters. The molecule has 80 valence electrons. The molecule has 0 spiro atoms. The molecule has 1 aromatic rings. The monoisotopic (exact) mass is 289 g/mol. The van der Waals surface area contributed by atoms with Gasteiger partial charge in [0.25, 0.3) is 5.91 Å². The Labute approximate surface area is 98.6 Å². The topological polar surface area (TPSA) is 57.6 Å². The Bertz CT molecular complexity index is 443. The average Bonchev–Trinajstić information content (AvgIpc) is 2.64. The van der Waals surface area contributed by atoms with Crippen molar-refractivity contribution in [3.8, 4) is 0 Å². The summed E-state index contributed by atoms with van der Waals surface area (Å²) in [5.74, 6) is -1.17. The molecule has 1 unspecified atom stereocenters. The van der Waals surface area contributed by atoms with Crippen molar-refractivity contribution >= 4 is 39.1 Å². The van der Waals surface area contributed by atoms with Crippen molar-refractivity contribution in [2.75, 3.05) is 0 Å². The predicted octanol–water partition coefficient (Wildman–Crippen LogP) is 1.94. The van der Waals surface area contributed by atoms with Crippen LogP contribution < -0.4 is 0 Å². The molecule has 15 heavy (non-hydrogen) atoms. The fraction of sp³-hybridized carbons (Fsp3) is 0.333. The van der Waals surface area contributed by atoms with Crippen molar-refractivity contribution in [1.29, 1.82) is 0 Å². The Balaban J connectivity index is 2.28. The number of carboxylic acids is 1. The number of amides is 1. The molecule has 1 amide bonds. The van der Waals surface area contributed by atoms with Crippen molar-refractivity contribution < 1.29 is 14.7 Å². The van der Waals surface area contributed by atoms with Crippen molar-refractivity contribution in [3.63, 3.8) is 0 Å². The van der Waals surface area contributed by atoms with Crippen LogP contribution in [0.5, 0.6) is 0 Å². The number of thiophene rings is 1. The molecular weight excluding hydrogens is 282 g/mol. The van der Waals surface area contributed by atoms with Crippen LogP contribution in [0.1, 0.15) is 22.2 Å². The molecule has 0 saturated carbocycles. The van der Waals surface area contributed by atoms with Gasteiger partial charge in [-0.25, -0.2) is 4.79 Å². The largest absolute Gasteiger partial charge is 0.480 e. The highest BCUT2D eigenvalue weighted by atomic mass is 79.9. The van der Waals surface area contributed by atoms with E-state index in [9.17, 15) is 9.59 Å². The van der Waals surface area contributed by atoms with Crippen molar-refractivity contribution in [3.05, 3.63) is 20.3 Å². The van der Waals surface area contributed by atoms with E-state index >= 15 is 0 Å². The molecule has 1 aliphatic rings. The number of nitrogens with zero attached hydrogens (tertiary/aromatic N) is 1. The van der Waals surface area contributed by atoms with Gasteiger partial charge in [-0.15, -0.1) is 11.3 Å². The standard InChI is InChI=1S/C9H8BrNO3S/c1-4(9(13)14)11-3-6-5(8(11)12)2-7(10)15-6/h2,4H,3H2,1H3,(H,13,14). The second kappa shape index (κ2) is 3.61. The summed E-state index contributed by atoms with van der Waals surface area (Å²) >= 11 is 4.78. The van der Waals surface area contributed by atoms with Crippen LogP contribution in [0.15, 0.2) is 9.85 Å². The van der Waals surface area contributed by atoms with Crippen LogP contribution in [0.25, 0.3) is 0 Å². The number of fused-ring (bicyclic) bond motifs is 1. The Morgan fingerprint density at radius 3 is 2.93 bits per heavy atom. The third kappa shape index (κ3) is 1.68. The first-order valence-electron chi connectivity index (χ1n) is 4.32. The molecule has 2 rings (SSSR count). The quantitative estimate of drug-likeness (QED) is 0.905. The summed E-state index contributed by atoms with van der Waals surface area (Å²) in [5, 5.41) is 8.83. The van der Waals surface area contributed by atoms with Crippen molar-refractivity contribution in [1.82, 2.24) is 4.90 Å². The van der Waals surface area contributed by atoms with E-state index < -0.39 is 12.0 Å². The van der Waals surface area contributed by atoms with Crippen LogP contribution >= 0.6 is 27.3 Å². The highest BCUT2D eigenvalue weighted by Gasteiger charge is 2.35. The first-order chi connectivity index (χ1) is 7.00. The van der Waals surface area contributed by atoms with Gasteiger partial charge in [0.2, 0.25) is 0 Å². The summed E-state index contributed by atoms with van der Waals surface area (Å²) in [5.41, 5.74) is 0.625. The van der Waals surface area contributed by atoms with E-state index in [4.69, 9.17) is 5.11 Å². The van der Waals surface area contributed by atoms with Crippen LogP contribution in [0.4, 0.5) is 0 Å². The van der Waals surface area contributed by atoms with Gasteiger partial charge in [0, 0.05) is 4.88 Å². The van der Waals surface area contributed by atoms with Gasteiger partial charge in [0.15, 0.2) is 0 Å². The molecule has 1 aromatic heterocycles. The lowest BCUT2D eigenvalue weighted by Gasteiger charge is -2.20. The molecule has 0 radical (unpaired) electrons. The predicted molar refractivity (Wildman–Crippen MR) is 59.0 cm³/mol. The lowest BCUT2D eigenvalue weighted by Crippen LogP contribution is -2.39. The number of carbonyl (C=O) groups is 2. The van der Waals surface area contributed by atoms with Gasteiger partial charge >= 0.3 is 5.97 Å². The van der Waals surface area contributed by atoms with Gasteiger partial charge in [0.1, 0.15) is 6.04 Å².